The SMILES string of the molecule is COc1c(Cl)cc2c(c1C1(CN)CCC1)OCCCO2. The first kappa shape index (κ1) is 13.8. The molecule has 1 heterocycles. The first-order chi connectivity index (χ1) is 9.72. The number of hydrogen-bond donors (Lipinski definition) is 1. The second kappa shape index (κ2) is 5.34. The molecule has 20 heavy (non-hydrogen) atoms. The maximum atomic E-state index is 6.36. The van der Waals surface area contributed by atoms with Crippen LogP contribution in [0, 0.1) is 0 Å². The molecule has 0 atom stereocenters. The standard InChI is InChI=1S/C15H20ClNO3/c1-18-13-10(16)8-11-14(20-7-3-6-19-11)12(13)15(9-17)4-2-5-15/h8H,2-7,9,17H2,1H3. The Morgan fingerprint density at radius 1 is 1.30 bits per heavy atom. The normalized spacial score (nSPS) is 19.9. The summed E-state index contributed by atoms with van der Waals surface area (Å²) in [5.74, 6) is 2.16. The lowest BCUT2D eigenvalue weighted by Crippen LogP contribution is -2.42. The van der Waals surface area contributed by atoms with Crippen LogP contribution in [0.3, 0.4) is 0 Å². The van der Waals surface area contributed by atoms with Gasteiger partial charge in [0.15, 0.2) is 11.5 Å². The molecule has 0 radical (unpaired) electrons. The summed E-state index contributed by atoms with van der Waals surface area (Å²) in [4.78, 5) is 0. The zero-order valence-electron chi connectivity index (χ0n) is 11.7. The van der Waals surface area contributed by atoms with E-state index in [0.717, 1.165) is 30.6 Å². The van der Waals surface area contributed by atoms with Crippen molar-refractivity contribution in [3.63, 3.8) is 0 Å². The molecule has 5 heteroatoms. The number of halogens is 1. The van der Waals surface area contributed by atoms with Crippen molar-refractivity contribution in [2.75, 3.05) is 26.9 Å². The number of ether oxygens (including phenoxy) is 3. The van der Waals surface area contributed by atoms with Crippen LogP contribution in [0.1, 0.15) is 31.2 Å². The summed E-state index contributed by atoms with van der Waals surface area (Å²) in [5.41, 5.74) is 6.96. The van der Waals surface area contributed by atoms with Gasteiger partial charge in [0.25, 0.3) is 0 Å². The summed E-state index contributed by atoms with van der Waals surface area (Å²) >= 11 is 6.36. The van der Waals surface area contributed by atoms with Gasteiger partial charge in [-0.15, -0.1) is 0 Å². The van der Waals surface area contributed by atoms with E-state index in [1.165, 1.54) is 6.42 Å². The predicted octanol–water partition coefficient (Wildman–Crippen LogP) is 2.89. The lowest BCUT2D eigenvalue weighted by Gasteiger charge is -2.43. The number of fused-ring (bicyclic) bond motifs is 1. The molecule has 0 aromatic heterocycles. The molecule has 0 bridgehead atoms. The molecule has 2 aliphatic rings. The van der Waals surface area contributed by atoms with Crippen molar-refractivity contribution in [2.24, 2.45) is 5.73 Å². The van der Waals surface area contributed by atoms with Gasteiger partial charge in [-0.2, -0.15) is 0 Å². The van der Waals surface area contributed by atoms with E-state index in [1.807, 2.05) is 0 Å². The number of benzene rings is 1. The Kier molecular flexibility index (Phi) is 3.69. The van der Waals surface area contributed by atoms with E-state index in [4.69, 9.17) is 31.5 Å². The Morgan fingerprint density at radius 3 is 2.65 bits per heavy atom. The van der Waals surface area contributed by atoms with Gasteiger partial charge in [0, 0.05) is 30.0 Å². The summed E-state index contributed by atoms with van der Waals surface area (Å²) in [7, 11) is 1.64. The van der Waals surface area contributed by atoms with Gasteiger partial charge in [0.1, 0.15) is 5.75 Å². The molecule has 1 aromatic carbocycles. The minimum absolute atomic E-state index is 0.0893. The van der Waals surface area contributed by atoms with Crippen LogP contribution in [-0.2, 0) is 5.41 Å². The quantitative estimate of drug-likeness (QED) is 0.932. The maximum Gasteiger partial charge on any atom is 0.168 e. The molecule has 0 saturated heterocycles. The molecule has 110 valence electrons. The molecule has 4 nitrogen and oxygen atoms in total. The van der Waals surface area contributed by atoms with Crippen LogP contribution in [0.25, 0.3) is 0 Å². The van der Waals surface area contributed by atoms with Crippen LogP contribution in [0.2, 0.25) is 5.02 Å². The third kappa shape index (κ3) is 2.02. The molecular weight excluding hydrogens is 278 g/mol. The molecular formula is C15H20ClNO3. The number of nitrogens with two attached hydrogens (primary N) is 1. The van der Waals surface area contributed by atoms with Gasteiger partial charge in [-0.25, -0.2) is 0 Å². The van der Waals surface area contributed by atoms with Crippen molar-refractivity contribution in [2.45, 2.75) is 31.1 Å². The Morgan fingerprint density at radius 2 is 2.05 bits per heavy atom. The van der Waals surface area contributed by atoms with Gasteiger partial charge >= 0.3 is 0 Å². The summed E-state index contributed by atoms with van der Waals surface area (Å²) in [6.07, 6.45) is 4.11. The second-order valence-electron chi connectivity index (χ2n) is 5.48. The Hall–Kier alpha value is -1.13. The first-order valence-electron chi connectivity index (χ1n) is 7.08. The van der Waals surface area contributed by atoms with Gasteiger partial charge in [-0.1, -0.05) is 18.0 Å². The highest BCUT2D eigenvalue weighted by atomic mass is 35.5. The lowest BCUT2D eigenvalue weighted by molar-refractivity contribution is 0.227. The number of rotatable bonds is 3. The Bertz CT molecular complexity index is 509. The van der Waals surface area contributed by atoms with Crippen molar-refractivity contribution < 1.29 is 14.2 Å². The summed E-state index contributed by atoms with van der Waals surface area (Å²) in [6, 6.07) is 1.79. The van der Waals surface area contributed by atoms with Crippen LogP contribution < -0.4 is 19.9 Å². The fourth-order valence-corrected chi connectivity index (χ4v) is 3.37. The molecule has 1 aliphatic carbocycles. The minimum atomic E-state index is -0.0893. The maximum absolute atomic E-state index is 6.36. The second-order valence-corrected chi connectivity index (χ2v) is 5.89. The fraction of sp³-hybridized carbons (Fsp3) is 0.600. The molecule has 3 rings (SSSR count). The molecule has 0 unspecified atom stereocenters. The van der Waals surface area contributed by atoms with E-state index in [2.05, 4.69) is 0 Å². The fourth-order valence-electron chi connectivity index (χ4n) is 3.10. The lowest BCUT2D eigenvalue weighted by atomic mass is 9.64. The zero-order valence-corrected chi connectivity index (χ0v) is 12.5. The van der Waals surface area contributed by atoms with Crippen LogP contribution in [-0.4, -0.2) is 26.9 Å². The third-order valence-electron chi connectivity index (χ3n) is 4.38. The van der Waals surface area contributed by atoms with E-state index in [-0.39, 0.29) is 5.41 Å². The van der Waals surface area contributed by atoms with E-state index >= 15 is 0 Å². The van der Waals surface area contributed by atoms with Gasteiger partial charge in [0.2, 0.25) is 0 Å². The minimum Gasteiger partial charge on any atom is -0.495 e. The molecule has 2 N–H and O–H groups in total. The van der Waals surface area contributed by atoms with Gasteiger partial charge < -0.3 is 19.9 Å². The monoisotopic (exact) mass is 297 g/mol. The van der Waals surface area contributed by atoms with Gasteiger partial charge in [-0.3, -0.25) is 0 Å². The molecule has 1 fully saturated rings. The first-order valence-corrected chi connectivity index (χ1v) is 7.46. The molecule has 1 saturated carbocycles. The smallest absolute Gasteiger partial charge is 0.168 e. The summed E-state index contributed by atoms with van der Waals surface area (Å²) < 4.78 is 17.3. The third-order valence-corrected chi connectivity index (χ3v) is 4.66. The zero-order chi connectivity index (χ0) is 14.2. The molecule has 1 aromatic rings. The highest BCUT2D eigenvalue weighted by Gasteiger charge is 2.44. The molecule has 0 spiro atoms. The Balaban J connectivity index is 2.21. The van der Waals surface area contributed by atoms with Crippen LogP contribution in [0.5, 0.6) is 17.2 Å². The topological polar surface area (TPSA) is 53.7 Å². The van der Waals surface area contributed by atoms with Crippen molar-refractivity contribution in [1.82, 2.24) is 0 Å². The number of hydrogen-bond acceptors (Lipinski definition) is 4. The summed E-state index contributed by atoms with van der Waals surface area (Å²) in [5, 5.41) is 0.562. The van der Waals surface area contributed by atoms with Crippen LogP contribution in [0.4, 0.5) is 0 Å². The average Bonchev–Trinajstić information content (AvgIpc) is 2.63. The van der Waals surface area contributed by atoms with Gasteiger partial charge in [-0.05, 0) is 12.8 Å². The van der Waals surface area contributed by atoms with Gasteiger partial charge in [0.05, 0.1) is 25.3 Å². The van der Waals surface area contributed by atoms with Crippen LogP contribution in [0.15, 0.2) is 6.07 Å². The summed E-state index contributed by atoms with van der Waals surface area (Å²) in [6.45, 7) is 1.86. The van der Waals surface area contributed by atoms with Crippen molar-refractivity contribution in [3.05, 3.63) is 16.7 Å². The van der Waals surface area contributed by atoms with Crippen molar-refractivity contribution in [3.8, 4) is 17.2 Å². The predicted molar refractivity (Wildman–Crippen MR) is 78.2 cm³/mol. The highest BCUT2D eigenvalue weighted by molar-refractivity contribution is 6.32. The van der Waals surface area contributed by atoms with Crippen molar-refractivity contribution in [1.29, 1.82) is 0 Å². The van der Waals surface area contributed by atoms with E-state index in [0.29, 0.717) is 36.3 Å². The Labute approximate surface area is 124 Å². The van der Waals surface area contributed by atoms with E-state index < -0.39 is 0 Å². The largest absolute Gasteiger partial charge is 0.495 e. The van der Waals surface area contributed by atoms with Crippen molar-refractivity contribution >= 4 is 11.6 Å². The molecule has 1 aliphatic heterocycles. The van der Waals surface area contributed by atoms with E-state index in [9.17, 15) is 0 Å². The molecule has 0 amide bonds. The number of methoxy groups -OCH3 is 1. The van der Waals surface area contributed by atoms with Crippen LogP contribution >= 0.6 is 11.6 Å². The highest BCUT2D eigenvalue weighted by Crippen LogP contribution is 2.55. The van der Waals surface area contributed by atoms with E-state index in [1.54, 1.807) is 13.2 Å². The average molecular weight is 298 g/mol.